The van der Waals surface area contributed by atoms with Gasteiger partial charge in [0.1, 0.15) is 0 Å². The van der Waals surface area contributed by atoms with Crippen LogP contribution in [-0.2, 0) is 5.75 Å². The fraction of sp³-hybridized carbons (Fsp3) is 0.0909. The molecule has 8 heteroatoms. The zero-order chi connectivity index (χ0) is 13.1. The van der Waals surface area contributed by atoms with Gasteiger partial charge < -0.3 is 10.2 Å². The summed E-state index contributed by atoms with van der Waals surface area (Å²) in [6, 6.07) is 9.61. The van der Waals surface area contributed by atoms with Crippen LogP contribution in [0.4, 0.5) is 5.95 Å². The van der Waals surface area contributed by atoms with Crippen LogP contribution in [0, 0.1) is 0 Å². The quantitative estimate of drug-likeness (QED) is 0.697. The number of nitrogen functional groups attached to an aromatic ring is 1. The average molecular weight is 274 g/mol. The van der Waals surface area contributed by atoms with E-state index in [0.717, 1.165) is 5.56 Å². The van der Waals surface area contributed by atoms with Crippen LogP contribution in [0.15, 0.2) is 39.9 Å². The molecule has 96 valence electrons. The van der Waals surface area contributed by atoms with Gasteiger partial charge in [-0.2, -0.15) is 4.98 Å². The van der Waals surface area contributed by atoms with E-state index in [4.69, 9.17) is 10.2 Å². The fourth-order valence-corrected chi connectivity index (χ4v) is 2.10. The fourth-order valence-electron chi connectivity index (χ4n) is 1.46. The lowest BCUT2D eigenvalue weighted by molar-refractivity contribution is 0.528. The second kappa shape index (κ2) is 5.11. The molecule has 0 spiro atoms. The molecular formula is C11H10N6OS. The van der Waals surface area contributed by atoms with E-state index in [1.165, 1.54) is 11.8 Å². The second-order valence-electron chi connectivity index (χ2n) is 3.66. The van der Waals surface area contributed by atoms with Gasteiger partial charge in [-0.15, -0.1) is 15.3 Å². The van der Waals surface area contributed by atoms with Gasteiger partial charge in [0, 0.05) is 5.56 Å². The zero-order valence-electron chi connectivity index (χ0n) is 9.78. The minimum absolute atomic E-state index is 0.290. The van der Waals surface area contributed by atoms with Gasteiger partial charge in [-0.05, 0) is 12.1 Å². The summed E-state index contributed by atoms with van der Waals surface area (Å²) in [5, 5.41) is 15.0. The van der Waals surface area contributed by atoms with Crippen molar-refractivity contribution < 1.29 is 4.42 Å². The Morgan fingerprint density at radius 2 is 2.05 bits per heavy atom. The van der Waals surface area contributed by atoms with Crippen molar-refractivity contribution in [2.45, 2.75) is 10.9 Å². The summed E-state index contributed by atoms with van der Waals surface area (Å²) in [6.45, 7) is 0. The largest absolute Gasteiger partial charge is 0.420 e. The van der Waals surface area contributed by atoms with Gasteiger partial charge in [-0.3, -0.25) is 0 Å². The van der Waals surface area contributed by atoms with Crippen LogP contribution in [0.1, 0.15) is 5.89 Å². The SMILES string of the molecule is Nc1nc(SCc2nnc(-c3ccccc3)o2)n[nH]1. The van der Waals surface area contributed by atoms with Crippen molar-refractivity contribution in [1.82, 2.24) is 25.4 Å². The number of hydrogen-bond acceptors (Lipinski definition) is 7. The number of benzene rings is 1. The Morgan fingerprint density at radius 1 is 1.21 bits per heavy atom. The third kappa shape index (κ3) is 2.74. The van der Waals surface area contributed by atoms with Crippen molar-refractivity contribution in [2.24, 2.45) is 0 Å². The molecule has 0 radical (unpaired) electrons. The lowest BCUT2D eigenvalue weighted by atomic mass is 10.2. The molecule has 0 bridgehead atoms. The molecule has 3 aromatic rings. The number of thioether (sulfide) groups is 1. The Kier molecular flexibility index (Phi) is 3.15. The van der Waals surface area contributed by atoms with Crippen LogP contribution < -0.4 is 5.73 Å². The predicted octanol–water partition coefficient (Wildman–Crippen LogP) is 1.73. The molecular weight excluding hydrogens is 264 g/mol. The minimum atomic E-state index is 0.290. The molecule has 0 fully saturated rings. The first-order chi connectivity index (χ1) is 9.31. The molecule has 2 aromatic heterocycles. The molecule has 0 saturated carbocycles. The zero-order valence-corrected chi connectivity index (χ0v) is 10.6. The van der Waals surface area contributed by atoms with E-state index in [-0.39, 0.29) is 5.95 Å². The molecule has 0 amide bonds. The molecule has 0 aliphatic carbocycles. The Balaban J connectivity index is 1.68. The Bertz CT molecular complexity index is 665. The smallest absolute Gasteiger partial charge is 0.247 e. The maximum atomic E-state index is 5.56. The minimum Gasteiger partial charge on any atom is -0.420 e. The maximum Gasteiger partial charge on any atom is 0.247 e. The monoisotopic (exact) mass is 274 g/mol. The van der Waals surface area contributed by atoms with Crippen LogP contribution in [0.3, 0.4) is 0 Å². The van der Waals surface area contributed by atoms with E-state index < -0.39 is 0 Å². The molecule has 7 nitrogen and oxygen atoms in total. The Hall–Kier alpha value is -2.35. The topological polar surface area (TPSA) is 107 Å². The lowest BCUT2D eigenvalue weighted by Crippen LogP contribution is -1.85. The van der Waals surface area contributed by atoms with Crippen LogP contribution in [-0.4, -0.2) is 25.4 Å². The number of aromatic amines is 1. The normalized spacial score (nSPS) is 10.7. The van der Waals surface area contributed by atoms with E-state index in [1.807, 2.05) is 30.3 Å². The highest BCUT2D eigenvalue weighted by atomic mass is 32.2. The molecule has 3 N–H and O–H groups in total. The number of H-pyrrole nitrogens is 1. The van der Waals surface area contributed by atoms with Gasteiger partial charge in [0.25, 0.3) is 0 Å². The highest BCUT2D eigenvalue weighted by Gasteiger charge is 2.09. The molecule has 0 atom stereocenters. The van der Waals surface area contributed by atoms with Crippen molar-refractivity contribution >= 4 is 17.7 Å². The summed E-state index contributed by atoms with van der Waals surface area (Å²) in [6.07, 6.45) is 0. The first kappa shape index (κ1) is 11.7. The van der Waals surface area contributed by atoms with Crippen LogP contribution in [0.25, 0.3) is 11.5 Å². The summed E-state index contributed by atoms with van der Waals surface area (Å²) in [5.74, 6) is 1.81. The molecule has 2 heterocycles. The summed E-state index contributed by atoms with van der Waals surface area (Å²) in [4.78, 5) is 3.97. The first-order valence-corrected chi connectivity index (χ1v) is 6.48. The van der Waals surface area contributed by atoms with Gasteiger partial charge in [0.15, 0.2) is 0 Å². The first-order valence-electron chi connectivity index (χ1n) is 5.50. The molecule has 19 heavy (non-hydrogen) atoms. The number of aromatic nitrogens is 5. The summed E-state index contributed by atoms with van der Waals surface area (Å²) in [5.41, 5.74) is 6.33. The number of nitrogens with zero attached hydrogens (tertiary/aromatic N) is 4. The maximum absolute atomic E-state index is 5.56. The van der Waals surface area contributed by atoms with E-state index in [2.05, 4.69) is 25.4 Å². The average Bonchev–Trinajstić information content (AvgIpc) is 3.06. The van der Waals surface area contributed by atoms with Crippen molar-refractivity contribution in [3.05, 3.63) is 36.2 Å². The summed E-state index contributed by atoms with van der Waals surface area (Å²) < 4.78 is 5.56. The van der Waals surface area contributed by atoms with Gasteiger partial charge in [0.2, 0.25) is 22.9 Å². The van der Waals surface area contributed by atoms with E-state index in [1.54, 1.807) is 0 Å². The van der Waals surface area contributed by atoms with Crippen molar-refractivity contribution in [3.63, 3.8) is 0 Å². The van der Waals surface area contributed by atoms with Gasteiger partial charge in [0.05, 0.1) is 5.75 Å². The lowest BCUT2D eigenvalue weighted by Gasteiger charge is -1.92. The third-order valence-electron chi connectivity index (χ3n) is 2.29. The highest BCUT2D eigenvalue weighted by molar-refractivity contribution is 7.98. The van der Waals surface area contributed by atoms with Gasteiger partial charge >= 0.3 is 0 Å². The van der Waals surface area contributed by atoms with Crippen LogP contribution in [0.2, 0.25) is 0 Å². The molecule has 3 rings (SSSR count). The van der Waals surface area contributed by atoms with Crippen LogP contribution in [0.5, 0.6) is 0 Å². The molecule has 0 aliphatic rings. The summed E-state index contributed by atoms with van der Waals surface area (Å²) >= 11 is 1.37. The van der Waals surface area contributed by atoms with Crippen molar-refractivity contribution in [3.8, 4) is 11.5 Å². The van der Waals surface area contributed by atoms with Gasteiger partial charge in [-0.25, -0.2) is 5.10 Å². The Labute approximate surface area is 112 Å². The molecule has 0 unspecified atom stereocenters. The summed E-state index contributed by atoms with van der Waals surface area (Å²) in [7, 11) is 0. The predicted molar refractivity (Wildman–Crippen MR) is 70.1 cm³/mol. The van der Waals surface area contributed by atoms with E-state index in [0.29, 0.717) is 22.7 Å². The second-order valence-corrected chi connectivity index (χ2v) is 4.60. The number of nitrogens with one attached hydrogen (secondary N) is 1. The standard InChI is InChI=1S/C11H10N6OS/c12-10-13-11(17-16-10)19-6-8-14-15-9(18-8)7-4-2-1-3-5-7/h1-5H,6H2,(H3,12,13,16,17). The van der Waals surface area contributed by atoms with E-state index in [9.17, 15) is 0 Å². The molecule has 1 aromatic carbocycles. The Morgan fingerprint density at radius 3 is 2.79 bits per heavy atom. The third-order valence-corrected chi connectivity index (χ3v) is 3.13. The number of hydrogen-bond donors (Lipinski definition) is 2. The van der Waals surface area contributed by atoms with Gasteiger partial charge in [-0.1, -0.05) is 30.0 Å². The molecule has 0 aliphatic heterocycles. The molecule has 0 saturated heterocycles. The van der Waals surface area contributed by atoms with E-state index >= 15 is 0 Å². The number of rotatable bonds is 4. The van der Waals surface area contributed by atoms with Crippen LogP contribution >= 0.6 is 11.8 Å². The van der Waals surface area contributed by atoms with Crippen molar-refractivity contribution in [2.75, 3.05) is 5.73 Å². The number of anilines is 1. The number of nitrogens with two attached hydrogens (primary N) is 1. The highest BCUT2D eigenvalue weighted by Crippen LogP contribution is 2.22. The van der Waals surface area contributed by atoms with Crippen molar-refractivity contribution in [1.29, 1.82) is 0 Å².